The molecule has 4 nitrogen and oxygen atoms in total. The van der Waals surface area contributed by atoms with E-state index < -0.39 is 18.7 Å². The minimum atomic E-state index is -4.49. The van der Waals surface area contributed by atoms with Crippen molar-refractivity contribution in [1.29, 1.82) is 0 Å². The second-order valence-electron chi connectivity index (χ2n) is 4.23. The maximum Gasteiger partial charge on any atom is 0.422 e. The molecule has 0 unspecified atom stereocenters. The van der Waals surface area contributed by atoms with E-state index in [1.54, 1.807) is 30.3 Å². The molecule has 0 aliphatic carbocycles. The lowest BCUT2D eigenvalue weighted by Crippen LogP contribution is -2.21. The third-order valence-corrected chi connectivity index (χ3v) is 2.91. The highest BCUT2D eigenvalue weighted by molar-refractivity contribution is 9.10. The Morgan fingerprint density at radius 1 is 1.27 bits per heavy atom. The van der Waals surface area contributed by atoms with Gasteiger partial charge < -0.3 is 10.1 Å². The molecule has 1 aromatic carbocycles. The number of hydrogen-bond acceptors (Lipinski definition) is 3. The van der Waals surface area contributed by atoms with E-state index in [2.05, 4.69) is 31.0 Å². The van der Waals surface area contributed by atoms with Crippen LogP contribution in [0, 0.1) is 0 Å². The Balaban J connectivity index is 2.18. The van der Waals surface area contributed by atoms with Crippen LogP contribution in [0.5, 0.6) is 5.88 Å². The molecule has 22 heavy (non-hydrogen) atoms. The molecule has 2 aromatic rings. The van der Waals surface area contributed by atoms with Gasteiger partial charge in [0.05, 0.1) is 0 Å². The first-order valence-corrected chi connectivity index (χ1v) is 6.86. The second kappa shape index (κ2) is 6.78. The van der Waals surface area contributed by atoms with Crippen LogP contribution in [-0.4, -0.2) is 23.7 Å². The van der Waals surface area contributed by atoms with Crippen molar-refractivity contribution in [2.24, 2.45) is 0 Å². The van der Waals surface area contributed by atoms with E-state index in [9.17, 15) is 18.0 Å². The van der Waals surface area contributed by atoms with Crippen molar-refractivity contribution in [2.45, 2.75) is 6.18 Å². The van der Waals surface area contributed by atoms with Crippen molar-refractivity contribution >= 4 is 27.5 Å². The number of nitrogens with one attached hydrogen (secondary N) is 1. The second-order valence-corrected chi connectivity index (χ2v) is 5.15. The van der Waals surface area contributed by atoms with E-state index in [4.69, 9.17) is 0 Å². The number of rotatable bonds is 4. The summed E-state index contributed by atoms with van der Waals surface area (Å²) in [6.45, 7) is -1.49. The molecule has 1 aromatic heterocycles. The van der Waals surface area contributed by atoms with Gasteiger partial charge in [-0.3, -0.25) is 4.79 Å². The number of halogens is 4. The maximum absolute atomic E-state index is 12.2. The molecule has 0 radical (unpaired) electrons. The molecule has 0 aliphatic heterocycles. The number of pyridine rings is 1. The molecule has 1 amide bonds. The zero-order valence-electron chi connectivity index (χ0n) is 11.0. The molecule has 8 heteroatoms. The van der Waals surface area contributed by atoms with Crippen LogP contribution < -0.4 is 10.1 Å². The highest BCUT2D eigenvalue weighted by atomic mass is 79.9. The van der Waals surface area contributed by atoms with Crippen LogP contribution in [0.15, 0.2) is 47.1 Å². The van der Waals surface area contributed by atoms with Crippen LogP contribution in [0.1, 0.15) is 10.4 Å². The number of aromatic nitrogens is 1. The summed E-state index contributed by atoms with van der Waals surface area (Å²) in [5.74, 6) is -0.776. The standard InChI is InChI=1S/C14H10BrF3N2O2/c15-10-6-11(13(19-7-10)22-8-14(16,17)18)20-12(21)9-4-2-1-3-5-9/h1-7H,8H2,(H,20,21). The summed E-state index contributed by atoms with van der Waals surface area (Å²) in [7, 11) is 0. The van der Waals surface area contributed by atoms with E-state index in [1.165, 1.54) is 12.3 Å². The number of nitrogens with zero attached hydrogens (tertiary/aromatic N) is 1. The molecule has 0 atom stereocenters. The number of hydrogen-bond donors (Lipinski definition) is 1. The van der Waals surface area contributed by atoms with Crippen molar-refractivity contribution in [2.75, 3.05) is 11.9 Å². The van der Waals surface area contributed by atoms with Crippen LogP contribution in [0.3, 0.4) is 0 Å². The Hall–Kier alpha value is -2.09. The van der Waals surface area contributed by atoms with Gasteiger partial charge in [-0.2, -0.15) is 13.2 Å². The molecular formula is C14H10BrF3N2O2. The van der Waals surface area contributed by atoms with E-state index >= 15 is 0 Å². The van der Waals surface area contributed by atoms with Gasteiger partial charge in [-0.05, 0) is 34.1 Å². The van der Waals surface area contributed by atoms with Crippen LogP contribution in [0.25, 0.3) is 0 Å². The fourth-order valence-electron chi connectivity index (χ4n) is 1.57. The largest absolute Gasteiger partial charge is 0.467 e. The Kier molecular flexibility index (Phi) is 5.02. The Morgan fingerprint density at radius 2 is 1.95 bits per heavy atom. The van der Waals surface area contributed by atoms with Crippen LogP contribution in [0.2, 0.25) is 0 Å². The minimum absolute atomic E-state index is 0.0486. The summed E-state index contributed by atoms with van der Waals surface area (Å²) in [5, 5.41) is 2.48. The van der Waals surface area contributed by atoms with Crippen molar-refractivity contribution in [3.63, 3.8) is 0 Å². The number of benzene rings is 1. The van der Waals surface area contributed by atoms with Crippen molar-refractivity contribution < 1.29 is 22.7 Å². The van der Waals surface area contributed by atoms with Crippen molar-refractivity contribution in [3.05, 3.63) is 52.6 Å². The first-order valence-electron chi connectivity index (χ1n) is 6.06. The van der Waals surface area contributed by atoms with Gasteiger partial charge in [-0.25, -0.2) is 4.98 Å². The summed E-state index contributed by atoms with van der Waals surface area (Å²) in [4.78, 5) is 15.8. The minimum Gasteiger partial charge on any atom is -0.467 e. The number of carbonyl (C=O) groups is 1. The predicted molar refractivity (Wildman–Crippen MR) is 77.9 cm³/mol. The molecule has 0 fully saturated rings. The molecule has 2 rings (SSSR count). The van der Waals surface area contributed by atoms with Gasteiger partial charge in [-0.15, -0.1) is 0 Å². The van der Waals surface area contributed by atoms with Gasteiger partial charge in [0.15, 0.2) is 6.61 Å². The summed E-state index contributed by atoms with van der Waals surface area (Å²) < 4.78 is 41.8. The number of carbonyl (C=O) groups excluding carboxylic acids is 1. The number of ether oxygens (including phenoxy) is 1. The average Bonchev–Trinajstić information content (AvgIpc) is 2.46. The summed E-state index contributed by atoms with van der Waals surface area (Å²) in [6.07, 6.45) is -3.21. The lowest BCUT2D eigenvalue weighted by molar-refractivity contribution is -0.153. The fraction of sp³-hybridized carbons (Fsp3) is 0.143. The zero-order valence-corrected chi connectivity index (χ0v) is 12.6. The molecule has 0 saturated carbocycles. The number of anilines is 1. The van der Waals surface area contributed by atoms with Crippen molar-refractivity contribution in [1.82, 2.24) is 4.98 Å². The van der Waals surface area contributed by atoms with E-state index in [-0.39, 0.29) is 11.6 Å². The summed E-state index contributed by atoms with van der Waals surface area (Å²) >= 11 is 3.14. The summed E-state index contributed by atoms with van der Waals surface area (Å²) in [5.41, 5.74) is 0.414. The Morgan fingerprint density at radius 3 is 2.59 bits per heavy atom. The highest BCUT2D eigenvalue weighted by Gasteiger charge is 2.29. The van der Waals surface area contributed by atoms with Crippen molar-refractivity contribution in [3.8, 4) is 5.88 Å². The monoisotopic (exact) mass is 374 g/mol. The van der Waals surface area contributed by atoms with Crippen LogP contribution >= 0.6 is 15.9 Å². The molecule has 1 heterocycles. The molecule has 116 valence electrons. The van der Waals surface area contributed by atoms with Gasteiger partial charge >= 0.3 is 6.18 Å². The highest BCUT2D eigenvalue weighted by Crippen LogP contribution is 2.27. The van der Waals surface area contributed by atoms with E-state index in [0.717, 1.165) is 0 Å². The van der Waals surface area contributed by atoms with Crippen LogP contribution in [-0.2, 0) is 0 Å². The van der Waals surface area contributed by atoms with Gasteiger partial charge in [0, 0.05) is 16.2 Å². The SMILES string of the molecule is O=C(Nc1cc(Br)cnc1OCC(F)(F)F)c1ccccc1. The molecule has 0 spiro atoms. The van der Waals surface area contributed by atoms with E-state index in [0.29, 0.717) is 10.0 Å². The average molecular weight is 375 g/mol. The van der Waals surface area contributed by atoms with E-state index in [1.807, 2.05) is 0 Å². The van der Waals surface area contributed by atoms with Gasteiger partial charge in [0.25, 0.3) is 5.91 Å². The first-order chi connectivity index (χ1) is 10.3. The number of alkyl halides is 3. The van der Waals surface area contributed by atoms with Gasteiger partial charge in [-0.1, -0.05) is 18.2 Å². The Bertz CT molecular complexity index is 663. The molecule has 0 saturated heterocycles. The fourth-order valence-corrected chi connectivity index (χ4v) is 1.90. The molecular weight excluding hydrogens is 365 g/mol. The quantitative estimate of drug-likeness (QED) is 0.878. The normalized spacial score (nSPS) is 11.1. The topological polar surface area (TPSA) is 51.2 Å². The lowest BCUT2D eigenvalue weighted by atomic mass is 10.2. The third-order valence-electron chi connectivity index (χ3n) is 2.47. The first kappa shape index (κ1) is 16.3. The smallest absolute Gasteiger partial charge is 0.422 e. The van der Waals surface area contributed by atoms with Gasteiger partial charge in [0.2, 0.25) is 5.88 Å². The zero-order chi connectivity index (χ0) is 16.2. The van der Waals surface area contributed by atoms with Gasteiger partial charge in [0.1, 0.15) is 5.69 Å². The number of amides is 1. The maximum atomic E-state index is 12.2. The molecule has 1 N–H and O–H groups in total. The molecule has 0 aliphatic rings. The predicted octanol–water partition coefficient (Wildman–Crippen LogP) is 4.04. The molecule has 0 bridgehead atoms. The summed E-state index contributed by atoms with van der Waals surface area (Å²) in [6, 6.07) is 9.67. The Labute approximate surface area is 132 Å². The van der Waals surface area contributed by atoms with Crippen LogP contribution in [0.4, 0.5) is 18.9 Å². The lowest BCUT2D eigenvalue weighted by Gasteiger charge is -2.13. The third kappa shape index (κ3) is 4.73.